The molecule has 2 aromatic carbocycles. The third-order valence-corrected chi connectivity index (χ3v) is 7.19. The summed E-state index contributed by atoms with van der Waals surface area (Å²) in [4.78, 5) is 40.6. The van der Waals surface area contributed by atoms with E-state index in [2.05, 4.69) is 0 Å². The van der Waals surface area contributed by atoms with Crippen molar-refractivity contribution in [1.82, 2.24) is 4.90 Å². The van der Waals surface area contributed by atoms with Crippen molar-refractivity contribution in [1.29, 1.82) is 0 Å². The standard InChI is InChI=1S/C26H23ClFNO5/c1-33-26(32)15-8-6-14(7-9-15)22-21-23(30)18-12-17(28)10-11-20(18)34-24(21)25(31)29(22)13-16-4-2-3-5-19(16)27/h2-9,17-18,20,22H,10-13H2,1H3. The van der Waals surface area contributed by atoms with Crippen LogP contribution in [0, 0.1) is 5.92 Å². The van der Waals surface area contributed by atoms with E-state index in [9.17, 15) is 18.8 Å². The number of methoxy groups -OCH3 is 1. The first-order chi connectivity index (χ1) is 16.4. The van der Waals surface area contributed by atoms with E-state index in [4.69, 9.17) is 21.1 Å². The van der Waals surface area contributed by atoms with Gasteiger partial charge in [-0.15, -0.1) is 0 Å². The van der Waals surface area contributed by atoms with Crippen LogP contribution in [0.5, 0.6) is 0 Å². The number of carbonyl (C=O) groups excluding carboxylic acids is 3. The van der Waals surface area contributed by atoms with E-state index in [1.54, 1.807) is 41.3 Å². The van der Waals surface area contributed by atoms with E-state index in [1.807, 2.05) is 12.1 Å². The van der Waals surface area contributed by atoms with Crippen LogP contribution in [0.2, 0.25) is 5.02 Å². The van der Waals surface area contributed by atoms with Gasteiger partial charge in [-0.2, -0.15) is 0 Å². The lowest BCUT2D eigenvalue weighted by molar-refractivity contribution is -0.136. The van der Waals surface area contributed by atoms with Gasteiger partial charge in [-0.1, -0.05) is 41.9 Å². The number of Topliss-reactive ketones (excluding diaryl/α,β-unsaturated/α-hetero) is 1. The van der Waals surface area contributed by atoms with Gasteiger partial charge in [0.1, 0.15) is 12.3 Å². The summed E-state index contributed by atoms with van der Waals surface area (Å²) in [6.45, 7) is 0.159. The topological polar surface area (TPSA) is 72.9 Å². The van der Waals surface area contributed by atoms with Gasteiger partial charge >= 0.3 is 5.97 Å². The van der Waals surface area contributed by atoms with Gasteiger partial charge in [-0.25, -0.2) is 9.18 Å². The van der Waals surface area contributed by atoms with Gasteiger partial charge in [-0.05, 0) is 48.6 Å². The van der Waals surface area contributed by atoms with Crippen molar-refractivity contribution in [2.45, 2.75) is 44.1 Å². The number of hydrogen-bond acceptors (Lipinski definition) is 5. The number of ether oxygens (including phenoxy) is 2. The summed E-state index contributed by atoms with van der Waals surface area (Å²) in [7, 11) is 1.30. The van der Waals surface area contributed by atoms with E-state index < -0.39 is 36.1 Å². The first-order valence-electron chi connectivity index (χ1n) is 11.2. The Morgan fingerprint density at radius 3 is 2.59 bits per heavy atom. The Bertz CT molecular complexity index is 1190. The summed E-state index contributed by atoms with van der Waals surface area (Å²) >= 11 is 6.37. The predicted octanol–water partition coefficient (Wildman–Crippen LogP) is 4.57. The Balaban J connectivity index is 1.57. The van der Waals surface area contributed by atoms with Gasteiger partial charge < -0.3 is 14.4 Å². The Labute approximate surface area is 201 Å². The number of benzene rings is 2. The molecule has 2 heterocycles. The summed E-state index contributed by atoms with van der Waals surface area (Å²) in [5, 5.41) is 0.501. The fraction of sp³-hybridized carbons (Fsp3) is 0.346. The first-order valence-corrected chi connectivity index (χ1v) is 11.6. The first kappa shape index (κ1) is 22.6. The zero-order valence-corrected chi connectivity index (χ0v) is 19.3. The second-order valence-corrected chi connectivity index (χ2v) is 9.23. The Morgan fingerprint density at radius 2 is 1.88 bits per heavy atom. The van der Waals surface area contributed by atoms with E-state index in [-0.39, 0.29) is 30.1 Å². The number of hydrogen-bond donors (Lipinski definition) is 0. The largest absolute Gasteiger partial charge is 0.483 e. The second-order valence-electron chi connectivity index (χ2n) is 8.82. The van der Waals surface area contributed by atoms with Crippen molar-refractivity contribution in [2.24, 2.45) is 5.92 Å². The summed E-state index contributed by atoms with van der Waals surface area (Å²) in [5.41, 5.74) is 1.96. The zero-order valence-electron chi connectivity index (χ0n) is 18.5. The van der Waals surface area contributed by atoms with Gasteiger partial charge in [0, 0.05) is 11.6 Å². The van der Waals surface area contributed by atoms with E-state index in [1.165, 1.54) is 7.11 Å². The molecular formula is C26H23ClFNO5. The zero-order chi connectivity index (χ0) is 24.0. The molecule has 176 valence electrons. The van der Waals surface area contributed by atoms with Crippen LogP contribution in [0.25, 0.3) is 0 Å². The lowest BCUT2D eigenvalue weighted by Gasteiger charge is -2.36. The molecule has 0 saturated heterocycles. The number of fused-ring (bicyclic) bond motifs is 1. The summed E-state index contributed by atoms with van der Waals surface area (Å²) in [6.07, 6.45) is -0.764. The molecule has 0 aromatic heterocycles. The van der Waals surface area contributed by atoms with Gasteiger partial charge in [0.25, 0.3) is 5.91 Å². The minimum Gasteiger partial charge on any atom is -0.483 e. The summed E-state index contributed by atoms with van der Waals surface area (Å²) in [5.74, 6) is -1.71. The fourth-order valence-electron chi connectivity index (χ4n) is 5.10. The molecule has 0 spiro atoms. The third kappa shape index (κ3) is 3.78. The minimum absolute atomic E-state index is 0.0395. The molecule has 8 heteroatoms. The van der Waals surface area contributed by atoms with Crippen molar-refractivity contribution in [3.05, 3.63) is 81.6 Å². The maximum atomic E-state index is 14.2. The number of rotatable bonds is 4. The number of halogens is 2. The van der Waals surface area contributed by atoms with E-state index in [0.29, 0.717) is 29.0 Å². The normalized spacial score (nSPS) is 26.1. The minimum atomic E-state index is -1.06. The highest BCUT2D eigenvalue weighted by atomic mass is 35.5. The molecule has 4 unspecified atom stereocenters. The maximum Gasteiger partial charge on any atom is 0.337 e. The van der Waals surface area contributed by atoms with Gasteiger partial charge in [0.05, 0.1) is 30.2 Å². The second kappa shape index (κ2) is 8.87. The molecule has 5 rings (SSSR count). The SMILES string of the molecule is COC(=O)c1ccc(C2C3=C(OC4CCC(F)CC4C3=O)C(=O)N2Cc2ccccc2Cl)cc1. The molecule has 0 N–H and O–H groups in total. The van der Waals surface area contributed by atoms with Gasteiger partial charge in [-0.3, -0.25) is 9.59 Å². The number of carbonyl (C=O) groups is 3. The molecule has 1 fully saturated rings. The molecule has 34 heavy (non-hydrogen) atoms. The quantitative estimate of drug-likeness (QED) is 0.596. The molecule has 1 amide bonds. The number of amides is 1. The molecule has 4 atom stereocenters. The summed E-state index contributed by atoms with van der Waals surface area (Å²) < 4.78 is 25.0. The Hall–Kier alpha value is -3.19. The smallest absolute Gasteiger partial charge is 0.337 e. The van der Waals surface area contributed by atoms with Gasteiger partial charge in [0.15, 0.2) is 11.5 Å². The molecule has 1 aliphatic carbocycles. The van der Waals surface area contributed by atoms with Crippen LogP contribution in [-0.4, -0.2) is 41.9 Å². The van der Waals surface area contributed by atoms with Crippen LogP contribution in [0.3, 0.4) is 0 Å². The van der Waals surface area contributed by atoms with Crippen molar-refractivity contribution < 1.29 is 28.2 Å². The van der Waals surface area contributed by atoms with E-state index >= 15 is 0 Å². The molecule has 2 aromatic rings. The van der Waals surface area contributed by atoms with Crippen LogP contribution in [0.4, 0.5) is 4.39 Å². The number of ketones is 1. The van der Waals surface area contributed by atoms with E-state index in [0.717, 1.165) is 5.56 Å². The molecule has 0 bridgehead atoms. The van der Waals surface area contributed by atoms with Crippen LogP contribution in [-0.2, 0) is 25.6 Å². The molecular weight excluding hydrogens is 461 g/mol. The Morgan fingerprint density at radius 1 is 1.15 bits per heavy atom. The highest BCUT2D eigenvalue weighted by Crippen LogP contribution is 2.47. The lowest BCUT2D eigenvalue weighted by Crippen LogP contribution is -2.42. The lowest BCUT2D eigenvalue weighted by atomic mass is 9.77. The highest BCUT2D eigenvalue weighted by molar-refractivity contribution is 6.31. The monoisotopic (exact) mass is 483 g/mol. The summed E-state index contributed by atoms with van der Waals surface area (Å²) in [6, 6.07) is 13.0. The predicted molar refractivity (Wildman–Crippen MR) is 122 cm³/mol. The third-order valence-electron chi connectivity index (χ3n) is 6.83. The Kier molecular flexibility index (Phi) is 5.90. The van der Waals surface area contributed by atoms with Crippen molar-refractivity contribution in [3.8, 4) is 0 Å². The molecule has 2 aliphatic heterocycles. The molecule has 0 radical (unpaired) electrons. The van der Waals surface area contributed by atoms with Crippen LogP contribution in [0.15, 0.2) is 59.9 Å². The van der Waals surface area contributed by atoms with Crippen molar-refractivity contribution in [2.75, 3.05) is 7.11 Å². The number of esters is 1. The molecule has 6 nitrogen and oxygen atoms in total. The number of alkyl halides is 1. The maximum absolute atomic E-state index is 14.2. The highest BCUT2D eigenvalue weighted by Gasteiger charge is 2.53. The van der Waals surface area contributed by atoms with Gasteiger partial charge in [0.2, 0.25) is 0 Å². The van der Waals surface area contributed by atoms with Crippen molar-refractivity contribution >= 4 is 29.3 Å². The van der Waals surface area contributed by atoms with Crippen LogP contribution in [0.1, 0.15) is 46.8 Å². The van der Waals surface area contributed by atoms with Crippen LogP contribution < -0.4 is 0 Å². The van der Waals surface area contributed by atoms with Crippen LogP contribution >= 0.6 is 11.6 Å². The average Bonchev–Trinajstić information content (AvgIpc) is 3.12. The number of nitrogens with zero attached hydrogens (tertiary/aromatic N) is 1. The molecule has 3 aliphatic rings. The average molecular weight is 484 g/mol. The molecule has 1 saturated carbocycles. The fourth-order valence-corrected chi connectivity index (χ4v) is 5.30. The van der Waals surface area contributed by atoms with Crippen molar-refractivity contribution in [3.63, 3.8) is 0 Å².